The SMILES string of the molecule is O=C(N[C@@H](CC1CCCCC1)C(=O)N[C@@H](C[C@@H]1CCNC1=O)C(=O)c1nc2ccccc2s1)OC(c1ccccc1)C(F)(F)c1cccc(Cl)c1. The van der Waals surface area contributed by atoms with Crippen molar-refractivity contribution in [1.82, 2.24) is 20.9 Å². The summed E-state index contributed by atoms with van der Waals surface area (Å²) in [5.41, 5.74) is 0.235. The molecule has 2 heterocycles. The van der Waals surface area contributed by atoms with Gasteiger partial charge in [0.2, 0.25) is 17.6 Å². The predicted octanol–water partition coefficient (Wildman–Crippen LogP) is 7.74. The Bertz CT molecular complexity index is 1840. The van der Waals surface area contributed by atoms with Crippen LogP contribution >= 0.6 is 22.9 Å². The predicted molar refractivity (Wildman–Crippen MR) is 191 cm³/mol. The van der Waals surface area contributed by atoms with Crippen LogP contribution in [0, 0.1) is 11.8 Å². The van der Waals surface area contributed by atoms with Crippen LogP contribution in [0.25, 0.3) is 10.2 Å². The molecule has 268 valence electrons. The molecule has 6 rings (SSSR count). The molecule has 4 aromatic rings. The monoisotopic (exact) mass is 736 g/mol. The van der Waals surface area contributed by atoms with E-state index in [1.165, 1.54) is 41.7 Å². The number of halogens is 3. The number of carbonyl (C=O) groups is 4. The Morgan fingerprint density at radius 3 is 2.37 bits per heavy atom. The highest BCUT2D eigenvalue weighted by Gasteiger charge is 2.46. The molecule has 0 radical (unpaired) electrons. The van der Waals surface area contributed by atoms with E-state index in [0.717, 1.165) is 42.9 Å². The molecule has 13 heteroatoms. The van der Waals surface area contributed by atoms with E-state index in [4.69, 9.17) is 16.3 Å². The fourth-order valence-electron chi connectivity index (χ4n) is 6.88. The van der Waals surface area contributed by atoms with Gasteiger partial charge in [-0.25, -0.2) is 9.78 Å². The normalized spacial score (nSPS) is 18.4. The number of Topliss-reactive ketones (excluding diaryl/α,β-unsaturated/α-hetero) is 1. The molecule has 1 saturated carbocycles. The lowest BCUT2D eigenvalue weighted by molar-refractivity contribution is -0.127. The summed E-state index contributed by atoms with van der Waals surface area (Å²) in [4.78, 5) is 58.7. The summed E-state index contributed by atoms with van der Waals surface area (Å²) in [5, 5.41) is 8.44. The van der Waals surface area contributed by atoms with E-state index in [2.05, 4.69) is 20.9 Å². The topological polar surface area (TPSA) is 126 Å². The summed E-state index contributed by atoms with van der Waals surface area (Å²) in [6.45, 7) is 0.458. The lowest BCUT2D eigenvalue weighted by Crippen LogP contribution is -2.53. The number of aromatic nitrogens is 1. The molecule has 0 spiro atoms. The molecule has 3 aromatic carbocycles. The van der Waals surface area contributed by atoms with Crippen molar-refractivity contribution >= 4 is 56.8 Å². The summed E-state index contributed by atoms with van der Waals surface area (Å²) in [7, 11) is 0. The van der Waals surface area contributed by atoms with Crippen LogP contribution in [0.2, 0.25) is 5.02 Å². The number of ketones is 1. The zero-order chi connectivity index (χ0) is 36.0. The van der Waals surface area contributed by atoms with Crippen LogP contribution < -0.4 is 16.0 Å². The molecule has 1 saturated heterocycles. The average molecular weight is 737 g/mol. The second-order valence-electron chi connectivity index (χ2n) is 13.2. The summed E-state index contributed by atoms with van der Waals surface area (Å²) in [5.74, 6) is -5.46. The van der Waals surface area contributed by atoms with Gasteiger partial charge in [-0.1, -0.05) is 98.3 Å². The minimum atomic E-state index is -3.69. The third-order valence-corrected chi connectivity index (χ3v) is 10.9. The van der Waals surface area contributed by atoms with Gasteiger partial charge in [-0.3, -0.25) is 14.4 Å². The maximum atomic E-state index is 16.1. The molecule has 2 fully saturated rings. The molecule has 3 amide bonds. The third-order valence-electron chi connectivity index (χ3n) is 9.59. The first-order valence-electron chi connectivity index (χ1n) is 17.2. The standard InChI is InChI=1S/C38H39ClF2N4O5S/c39-27-15-9-14-26(22-27)38(40,41)33(24-12-5-2-6-13-24)50-37(49)45-30(20-23-10-3-1-4-11-23)35(48)43-29(21-25-18-19-42-34(25)47)32(46)36-44-28-16-7-8-17-31(28)51-36/h2,5-9,12-17,22-23,25,29-30,33H,1,3-4,10-11,18-21H2,(H,42,47)(H,43,48)(H,45,49)/t25-,29-,30-,33?/m0/s1. The quantitative estimate of drug-likeness (QED) is 0.121. The van der Waals surface area contributed by atoms with Crippen molar-refractivity contribution in [3.8, 4) is 0 Å². The van der Waals surface area contributed by atoms with Gasteiger partial charge in [0.05, 0.1) is 16.3 Å². The number of hydrogen-bond acceptors (Lipinski definition) is 7. The number of carbonyl (C=O) groups excluding carboxylic acids is 4. The zero-order valence-electron chi connectivity index (χ0n) is 27.8. The number of alkyl halides is 2. The molecular weight excluding hydrogens is 698 g/mol. The first-order chi connectivity index (χ1) is 24.6. The van der Waals surface area contributed by atoms with Crippen LogP contribution in [0.5, 0.6) is 0 Å². The number of ether oxygens (including phenoxy) is 1. The van der Waals surface area contributed by atoms with Gasteiger partial charge in [0.15, 0.2) is 11.1 Å². The van der Waals surface area contributed by atoms with Crippen molar-refractivity contribution in [2.45, 2.75) is 75.5 Å². The van der Waals surface area contributed by atoms with Gasteiger partial charge in [0.1, 0.15) is 6.04 Å². The smallest absolute Gasteiger partial charge is 0.408 e. The maximum absolute atomic E-state index is 16.1. The maximum Gasteiger partial charge on any atom is 0.408 e. The van der Waals surface area contributed by atoms with Gasteiger partial charge < -0.3 is 20.7 Å². The second kappa shape index (κ2) is 16.3. The molecule has 1 unspecified atom stereocenters. The first-order valence-corrected chi connectivity index (χ1v) is 18.4. The van der Waals surface area contributed by atoms with Crippen molar-refractivity contribution in [3.63, 3.8) is 0 Å². The van der Waals surface area contributed by atoms with Gasteiger partial charge in [-0.05, 0) is 55.0 Å². The van der Waals surface area contributed by atoms with E-state index >= 15 is 8.78 Å². The Kier molecular flexibility index (Phi) is 11.6. The van der Waals surface area contributed by atoms with Crippen LogP contribution in [-0.2, 0) is 20.2 Å². The number of rotatable bonds is 13. The van der Waals surface area contributed by atoms with E-state index in [1.807, 2.05) is 18.2 Å². The van der Waals surface area contributed by atoms with Crippen molar-refractivity contribution < 1.29 is 32.7 Å². The van der Waals surface area contributed by atoms with E-state index in [1.54, 1.807) is 24.3 Å². The fourth-order valence-corrected chi connectivity index (χ4v) is 8.03. The number of fused-ring (bicyclic) bond motifs is 1. The van der Waals surface area contributed by atoms with Gasteiger partial charge in [0, 0.05) is 23.0 Å². The second-order valence-corrected chi connectivity index (χ2v) is 14.7. The van der Waals surface area contributed by atoms with Crippen LogP contribution in [0.1, 0.15) is 78.4 Å². The Hall–Kier alpha value is -4.42. The highest BCUT2D eigenvalue weighted by atomic mass is 35.5. The third kappa shape index (κ3) is 8.91. The highest BCUT2D eigenvalue weighted by Crippen LogP contribution is 2.43. The van der Waals surface area contributed by atoms with Crippen LogP contribution in [0.15, 0.2) is 78.9 Å². The zero-order valence-corrected chi connectivity index (χ0v) is 29.4. The molecule has 1 aromatic heterocycles. The summed E-state index contributed by atoms with van der Waals surface area (Å²) in [6, 6.07) is 17.8. The molecule has 51 heavy (non-hydrogen) atoms. The fraction of sp³-hybridized carbons (Fsp3) is 0.395. The summed E-state index contributed by atoms with van der Waals surface area (Å²) < 4.78 is 38.5. The number of alkyl carbamates (subject to hydrolysis) is 1. The van der Waals surface area contributed by atoms with Crippen molar-refractivity contribution in [3.05, 3.63) is 100 Å². The van der Waals surface area contributed by atoms with E-state index in [0.29, 0.717) is 18.5 Å². The highest BCUT2D eigenvalue weighted by molar-refractivity contribution is 7.20. The lowest BCUT2D eigenvalue weighted by Gasteiger charge is -2.30. The Morgan fingerprint density at radius 1 is 0.922 bits per heavy atom. The molecule has 1 aliphatic heterocycles. The Morgan fingerprint density at radius 2 is 1.67 bits per heavy atom. The number of para-hydroxylation sites is 1. The number of thiazole rings is 1. The Labute approximate surface area is 303 Å². The molecule has 2 aliphatic rings. The lowest BCUT2D eigenvalue weighted by atomic mass is 9.84. The first kappa shape index (κ1) is 36.4. The van der Waals surface area contributed by atoms with Gasteiger partial charge in [0.25, 0.3) is 0 Å². The van der Waals surface area contributed by atoms with E-state index in [9.17, 15) is 19.2 Å². The van der Waals surface area contributed by atoms with Crippen molar-refractivity contribution in [1.29, 1.82) is 0 Å². The molecule has 0 bridgehead atoms. The number of amides is 3. The van der Waals surface area contributed by atoms with Crippen molar-refractivity contribution in [2.24, 2.45) is 11.8 Å². The van der Waals surface area contributed by atoms with Gasteiger partial charge in [-0.2, -0.15) is 8.78 Å². The number of nitrogens with zero attached hydrogens (tertiary/aromatic N) is 1. The Balaban J connectivity index is 1.25. The van der Waals surface area contributed by atoms with Crippen LogP contribution in [0.4, 0.5) is 13.6 Å². The van der Waals surface area contributed by atoms with Crippen LogP contribution in [-0.4, -0.2) is 47.3 Å². The number of nitrogens with one attached hydrogen (secondary N) is 3. The number of benzene rings is 3. The number of hydrogen-bond donors (Lipinski definition) is 3. The van der Waals surface area contributed by atoms with Crippen LogP contribution in [0.3, 0.4) is 0 Å². The molecule has 4 atom stereocenters. The molecule has 9 nitrogen and oxygen atoms in total. The average Bonchev–Trinajstić information content (AvgIpc) is 3.76. The largest absolute Gasteiger partial charge is 0.434 e. The molecule has 1 aliphatic carbocycles. The minimum absolute atomic E-state index is 0.0366. The summed E-state index contributed by atoms with van der Waals surface area (Å²) >= 11 is 7.23. The van der Waals surface area contributed by atoms with Gasteiger partial charge >= 0.3 is 12.0 Å². The summed E-state index contributed by atoms with van der Waals surface area (Å²) in [6.07, 6.45) is 2.12. The van der Waals surface area contributed by atoms with Gasteiger partial charge in [-0.15, -0.1) is 11.3 Å². The molecule has 3 N–H and O–H groups in total. The molecular formula is C38H39ClF2N4O5S. The van der Waals surface area contributed by atoms with E-state index < -0.39 is 53.4 Å². The minimum Gasteiger partial charge on any atom is -0.434 e. The van der Waals surface area contributed by atoms with E-state index in [-0.39, 0.29) is 40.3 Å². The van der Waals surface area contributed by atoms with Crippen molar-refractivity contribution in [2.75, 3.05) is 6.54 Å².